The standard InChI is InChI=1S/C10H17N3O2/c1-8-7-10(12-9(2)11-8)13(3-5-14)4-6-15/h7,14-15H,3-6H2,1-2H3. The Morgan fingerprint density at radius 1 is 1.13 bits per heavy atom. The van der Waals surface area contributed by atoms with Gasteiger partial charge in [-0.05, 0) is 13.8 Å². The van der Waals surface area contributed by atoms with Gasteiger partial charge in [-0.2, -0.15) is 0 Å². The maximum absolute atomic E-state index is 8.90. The molecule has 0 saturated heterocycles. The molecule has 15 heavy (non-hydrogen) atoms. The summed E-state index contributed by atoms with van der Waals surface area (Å²) in [5.41, 5.74) is 0.887. The molecule has 0 aliphatic rings. The number of nitrogens with zero attached hydrogens (tertiary/aromatic N) is 3. The average Bonchev–Trinajstić information content (AvgIpc) is 2.16. The van der Waals surface area contributed by atoms with Gasteiger partial charge in [0.1, 0.15) is 11.6 Å². The minimum atomic E-state index is 0.0437. The number of aliphatic hydroxyl groups is 2. The van der Waals surface area contributed by atoms with E-state index in [1.54, 1.807) is 0 Å². The Labute approximate surface area is 89.4 Å². The van der Waals surface area contributed by atoms with Crippen molar-refractivity contribution in [3.8, 4) is 0 Å². The second-order valence-electron chi connectivity index (χ2n) is 3.35. The molecular formula is C10H17N3O2. The number of aryl methyl sites for hydroxylation is 2. The van der Waals surface area contributed by atoms with E-state index in [9.17, 15) is 0 Å². The fourth-order valence-corrected chi connectivity index (χ4v) is 1.44. The van der Waals surface area contributed by atoms with Crippen molar-refractivity contribution in [2.75, 3.05) is 31.2 Å². The minimum absolute atomic E-state index is 0.0437. The largest absolute Gasteiger partial charge is 0.395 e. The summed E-state index contributed by atoms with van der Waals surface area (Å²) in [6, 6.07) is 1.85. The van der Waals surface area contributed by atoms with Gasteiger partial charge in [0.05, 0.1) is 13.2 Å². The van der Waals surface area contributed by atoms with Crippen LogP contribution < -0.4 is 4.90 Å². The molecule has 1 aromatic heterocycles. The highest BCUT2D eigenvalue weighted by Gasteiger charge is 2.08. The third-order valence-corrected chi connectivity index (χ3v) is 2.02. The van der Waals surface area contributed by atoms with E-state index in [0.717, 1.165) is 11.5 Å². The molecule has 1 rings (SSSR count). The fourth-order valence-electron chi connectivity index (χ4n) is 1.44. The molecule has 0 fully saturated rings. The number of aromatic nitrogens is 2. The summed E-state index contributed by atoms with van der Waals surface area (Å²) in [6.45, 7) is 4.75. The molecule has 5 heteroatoms. The number of hydrogen-bond acceptors (Lipinski definition) is 5. The molecule has 0 radical (unpaired) electrons. The highest BCUT2D eigenvalue weighted by Crippen LogP contribution is 2.11. The minimum Gasteiger partial charge on any atom is -0.395 e. The monoisotopic (exact) mass is 211 g/mol. The van der Waals surface area contributed by atoms with E-state index < -0.39 is 0 Å². The van der Waals surface area contributed by atoms with Crippen LogP contribution in [0.2, 0.25) is 0 Å². The molecule has 2 N–H and O–H groups in total. The van der Waals surface area contributed by atoms with E-state index in [1.807, 2.05) is 24.8 Å². The van der Waals surface area contributed by atoms with Crippen LogP contribution in [0.4, 0.5) is 5.82 Å². The summed E-state index contributed by atoms with van der Waals surface area (Å²) in [4.78, 5) is 10.3. The summed E-state index contributed by atoms with van der Waals surface area (Å²) in [5, 5.41) is 17.8. The van der Waals surface area contributed by atoms with E-state index in [2.05, 4.69) is 9.97 Å². The van der Waals surface area contributed by atoms with Crippen molar-refractivity contribution >= 4 is 5.82 Å². The molecule has 0 bridgehead atoms. The van der Waals surface area contributed by atoms with Gasteiger partial charge in [0, 0.05) is 24.8 Å². The van der Waals surface area contributed by atoms with E-state index in [1.165, 1.54) is 0 Å². The molecule has 5 nitrogen and oxygen atoms in total. The lowest BCUT2D eigenvalue weighted by molar-refractivity contribution is 0.280. The van der Waals surface area contributed by atoms with Crippen LogP contribution in [0, 0.1) is 13.8 Å². The summed E-state index contributed by atoms with van der Waals surface area (Å²) in [5.74, 6) is 1.45. The van der Waals surface area contributed by atoms with Crippen molar-refractivity contribution in [3.05, 3.63) is 17.6 Å². The Morgan fingerprint density at radius 2 is 1.73 bits per heavy atom. The number of anilines is 1. The first kappa shape index (κ1) is 11.9. The first-order valence-corrected chi connectivity index (χ1v) is 4.96. The Bertz CT molecular complexity index is 291. The van der Waals surface area contributed by atoms with Crippen molar-refractivity contribution in [2.24, 2.45) is 0 Å². The first-order valence-electron chi connectivity index (χ1n) is 4.96. The van der Waals surface area contributed by atoms with Crippen molar-refractivity contribution in [1.82, 2.24) is 9.97 Å². The third kappa shape index (κ3) is 3.45. The zero-order chi connectivity index (χ0) is 11.3. The maximum atomic E-state index is 8.90. The Morgan fingerprint density at radius 3 is 2.20 bits per heavy atom. The topological polar surface area (TPSA) is 69.5 Å². The van der Waals surface area contributed by atoms with Crippen molar-refractivity contribution in [3.63, 3.8) is 0 Å². The quantitative estimate of drug-likeness (QED) is 0.711. The first-order chi connectivity index (χ1) is 7.17. The predicted octanol–water partition coefficient (Wildman–Crippen LogP) is -0.116. The predicted molar refractivity (Wildman–Crippen MR) is 57.9 cm³/mol. The van der Waals surface area contributed by atoms with Gasteiger partial charge in [0.2, 0.25) is 0 Å². The molecule has 84 valence electrons. The van der Waals surface area contributed by atoms with Gasteiger partial charge >= 0.3 is 0 Å². The summed E-state index contributed by atoms with van der Waals surface area (Å²) in [6.07, 6.45) is 0. The van der Waals surface area contributed by atoms with Crippen molar-refractivity contribution in [1.29, 1.82) is 0 Å². The van der Waals surface area contributed by atoms with Crippen LogP contribution in [0.5, 0.6) is 0 Å². The molecule has 0 aliphatic carbocycles. The second kappa shape index (κ2) is 5.63. The highest BCUT2D eigenvalue weighted by atomic mass is 16.3. The molecule has 0 unspecified atom stereocenters. The summed E-state index contributed by atoms with van der Waals surface area (Å²) in [7, 11) is 0. The highest BCUT2D eigenvalue weighted by molar-refractivity contribution is 5.39. The van der Waals surface area contributed by atoms with Gasteiger partial charge in [-0.1, -0.05) is 0 Å². The van der Waals surface area contributed by atoms with Crippen LogP contribution in [0.1, 0.15) is 11.5 Å². The molecule has 0 atom stereocenters. The fraction of sp³-hybridized carbons (Fsp3) is 0.600. The van der Waals surface area contributed by atoms with Crippen LogP contribution in [0.15, 0.2) is 6.07 Å². The zero-order valence-corrected chi connectivity index (χ0v) is 9.14. The van der Waals surface area contributed by atoms with Crippen LogP contribution in [-0.4, -0.2) is 46.5 Å². The summed E-state index contributed by atoms with van der Waals surface area (Å²) >= 11 is 0. The van der Waals surface area contributed by atoms with E-state index >= 15 is 0 Å². The summed E-state index contributed by atoms with van der Waals surface area (Å²) < 4.78 is 0. The van der Waals surface area contributed by atoms with Crippen LogP contribution >= 0.6 is 0 Å². The molecule has 0 amide bonds. The lowest BCUT2D eigenvalue weighted by Crippen LogP contribution is -2.30. The van der Waals surface area contributed by atoms with Gasteiger partial charge < -0.3 is 15.1 Å². The van der Waals surface area contributed by atoms with Crippen LogP contribution in [0.3, 0.4) is 0 Å². The average molecular weight is 211 g/mol. The molecular weight excluding hydrogens is 194 g/mol. The van der Waals surface area contributed by atoms with E-state index in [-0.39, 0.29) is 13.2 Å². The Balaban J connectivity index is 2.88. The van der Waals surface area contributed by atoms with Crippen molar-refractivity contribution < 1.29 is 10.2 Å². The van der Waals surface area contributed by atoms with Gasteiger partial charge in [0.25, 0.3) is 0 Å². The number of aliphatic hydroxyl groups excluding tert-OH is 2. The zero-order valence-electron chi connectivity index (χ0n) is 9.14. The smallest absolute Gasteiger partial charge is 0.132 e. The lowest BCUT2D eigenvalue weighted by atomic mass is 10.3. The number of rotatable bonds is 5. The van der Waals surface area contributed by atoms with E-state index in [0.29, 0.717) is 18.9 Å². The van der Waals surface area contributed by atoms with Crippen LogP contribution in [0.25, 0.3) is 0 Å². The third-order valence-electron chi connectivity index (χ3n) is 2.02. The van der Waals surface area contributed by atoms with Gasteiger partial charge in [-0.15, -0.1) is 0 Å². The van der Waals surface area contributed by atoms with Crippen LogP contribution in [-0.2, 0) is 0 Å². The van der Waals surface area contributed by atoms with Gasteiger partial charge in [-0.25, -0.2) is 9.97 Å². The molecule has 0 saturated carbocycles. The maximum Gasteiger partial charge on any atom is 0.132 e. The molecule has 1 aromatic rings. The van der Waals surface area contributed by atoms with Gasteiger partial charge in [0.15, 0.2) is 0 Å². The Hall–Kier alpha value is -1.20. The molecule has 0 spiro atoms. The normalized spacial score (nSPS) is 10.4. The Kier molecular flexibility index (Phi) is 4.45. The van der Waals surface area contributed by atoms with Crippen molar-refractivity contribution in [2.45, 2.75) is 13.8 Å². The lowest BCUT2D eigenvalue weighted by Gasteiger charge is -2.22. The second-order valence-corrected chi connectivity index (χ2v) is 3.35. The SMILES string of the molecule is Cc1cc(N(CCO)CCO)nc(C)n1. The van der Waals surface area contributed by atoms with E-state index in [4.69, 9.17) is 10.2 Å². The number of hydrogen-bond donors (Lipinski definition) is 2. The van der Waals surface area contributed by atoms with Gasteiger partial charge in [-0.3, -0.25) is 0 Å². The molecule has 0 aliphatic heterocycles. The molecule has 1 heterocycles. The molecule has 0 aromatic carbocycles.